The van der Waals surface area contributed by atoms with Gasteiger partial charge < -0.3 is 5.32 Å². The summed E-state index contributed by atoms with van der Waals surface area (Å²) in [5.41, 5.74) is 2.80. The SMILES string of the molecule is CCNCC(Cc1ccc(C)cc1)Cc1ccc(CC)s1. The summed E-state index contributed by atoms with van der Waals surface area (Å²) in [6, 6.07) is 13.6. The summed E-state index contributed by atoms with van der Waals surface area (Å²) in [7, 11) is 0. The second kappa shape index (κ2) is 8.35. The van der Waals surface area contributed by atoms with E-state index in [2.05, 4.69) is 62.5 Å². The van der Waals surface area contributed by atoms with Crippen molar-refractivity contribution in [3.05, 3.63) is 57.3 Å². The first kappa shape index (κ1) is 16.3. The van der Waals surface area contributed by atoms with Crippen LogP contribution in [0.25, 0.3) is 0 Å². The van der Waals surface area contributed by atoms with Crippen molar-refractivity contribution in [2.45, 2.75) is 40.0 Å². The number of benzene rings is 1. The Hall–Kier alpha value is -1.12. The summed E-state index contributed by atoms with van der Waals surface area (Å²) in [6.45, 7) is 8.72. The molecule has 1 atom stereocenters. The average Bonchev–Trinajstić information content (AvgIpc) is 2.95. The van der Waals surface area contributed by atoms with Crippen LogP contribution in [0.2, 0.25) is 0 Å². The highest BCUT2D eigenvalue weighted by Crippen LogP contribution is 2.22. The van der Waals surface area contributed by atoms with Crippen molar-refractivity contribution in [1.29, 1.82) is 0 Å². The fourth-order valence-electron chi connectivity index (χ4n) is 2.63. The Bertz CT molecular complexity index is 527. The Kier molecular flexibility index (Phi) is 6.47. The van der Waals surface area contributed by atoms with Gasteiger partial charge in [-0.1, -0.05) is 43.7 Å². The summed E-state index contributed by atoms with van der Waals surface area (Å²) in [5.74, 6) is 0.677. The Morgan fingerprint density at radius 1 is 0.952 bits per heavy atom. The second-order valence-corrected chi connectivity index (χ2v) is 7.04. The quantitative estimate of drug-likeness (QED) is 0.749. The molecule has 0 saturated carbocycles. The van der Waals surface area contributed by atoms with Crippen LogP contribution in [-0.2, 0) is 19.3 Å². The summed E-state index contributed by atoms with van der Waals surface area (Å²) >= 11 is 1.98. The zero-order chi connectivity index (χ0) is 15.1. The van der Waals surface area contributed by atoms with Gasteiger partial charge in [0.05, 0.1) is 0 Å². The molecule has 0 radical (unpaired) electrons. The maximum atomic E-state index is 3.53. The monoisotopic (exact) mass is 301 g/mol. The summed E-state index contributed by atoms with van der Waals surface area (Å²) in [6.07, 6.45) is 3.50. The van der Waals surface area contributed by atoms with Crippen LogP contribution >= 0.6 is 11.3 Å². The first-order valence-corrected chi connectivity index (χ1v) is 8.86. The van der Waals surface area contributed by atoms with E-state index in [1.807, 2.05) is 11.3 Å². The lowest BCUT2D eigenvalue weighted by atomic mass is 9.95. The normalized spacial score (nSPS) is 12.5. The van der Waals surface area contributed by atoms with E-state index in [4.69, 9.17) is 0 Å². The van der Waals surface area contributed by atoms with Crippen LogP contribution in [0.4, 0.5) is 0 Å². The average molecular weight is 301 g/mol. The lowest BCUT2D eigenvalue weighted by Crippen LogP contribution is -2.25. The first-order valence-electron chi connectivity index (χ1n) is 8.05. The van der Waals surface area contributed by atoms with E-state index in [0.29, 0.717) is 5.92 Å². The largest absolute Gasteiger partial charge is 0.317 e. The third-order valence-corrected chi connectivity index (χ3v) is 5.14. The van der Waals surface area contributed by atoms with Gasteiger partial charge in [-0.15, -0.1) is 11.3 Å². The van der Waals surface area contributed by atoms with Gasteiger partial charge in [0.15, 0.2) is 0 Å². The van der Waals surface area contributed by atoms with Gasteiger partial charge in [0.2, 0.25) is 0 Å². The van der Waals surface area contributed by atoms with Crippen molar-refractivity contribution in [3.63, 3.8) is 0 Å². The molecule has 2 aromatic rings. The Balaban J connectivity index is 2.01. The predicted octanol–water partition coefficient (Wildman–Crippen LogP) is 4.63. The number of nitrogens with one attached hydrogen (secondary N) is 1. The predicted molar refractivity (Wildman–Crippen MR) is 94.3 cm³/mol. The third kappa shape index (κ3) is 5.29. The molecule has 0 saturated heterocycles. The van der Waals surface area contributed by atoms with Gasteiger partial charge in [0, 0.05) is 9.75 Å². The molecule has 0 spiro atoms. The van der Waals surface area contributed by atoms with Crippen LogP contribution in [0.15, 0.2) is 36.4 Å². The Labute approximate surface area is 133 Å². The molecule has 0 aliphatic heterocycles. The van der Waals surface area contributed by atoms with Crippen molar-refractivity contribution in [1.82, 2.24) is 5.32 Å². The molecule has 1 aromatic carbocycles. The van der Waals surface area contributed by atoms with Gasteiger partial charge in [-0.05, 0) is 62.9 Å². The smallest absolute Gasteiger partial charge is 0.00515 e. The second-order valence-electron chi connectivity index (χ2n) is 5.79. The Morgan fingerprint density at radius 2 is 1.67 bits per heavy atom. The molecule has 1 unspecified atom stereocenters. The fourth-order valence-corrected chi connectivity index (χ4v) is 3.70. The molecule has 1 heterocycles. The van der Waals surface area contributed by atoms with Crippen molar-refractivity contribution < 1.29 is 0 Å². The highest BCUT2D eigenvalue weighted by Gasteiger charge is 2.12. The molecular formula is C19H27NS. The van der Waals surface area contributed by atoms with E-state index in [9.17, 15) is 0 Å². The highest BCUT2D eigenvalue weighted by atomic mass is 32.1. The molecule has 0 fully saturated rings. The minimum Gasteiger partial charge on any atom is -0.317 e. The summed E-state index contributed by atoms with van der Waals surface area (Å²) in [4.78, 5) is 3.03. The lowest BCUT2D eigenvalue weighted by Gasteiger charge is -2.17. The van der Waals surface area contributed by atoms with Gasteiger partial charge in [0.25, 0.3) is 0 Å². The summed E-state index contributed by atoms with van der Waals surface area (Å²) < 4.78 is 0. The molecule has 0 aliphatic carbocycles. The van der Waals surface area contributed by atoms with Gasteiger partial charge in [-0.3, -0.25) is 0 Å². The van der Waals surface area contributed by atoms with Crippen molar-refractivity contribution in [2.75, 3.05) is 13.1 Å². The maximum absolute atomic E-state index is 3.53. The van der Waals surface area contributed by atoms with E-state index in [1.165, 1.54) is 27.3 Å². The van der Waals surface area contributed by atoms with Gasteiger partial charge in [0.1, 0.15) is 0 Å². The zero-order valence-corrected chi connectivity index (χ0v) is 14.3. The Morgan fingerprint density at radius 3 is 2.29 bits per heavy atom. The minimum atomic E-state index is 0.677. The fraction of sp³-hybridized carbons (Fsp3) is 0.474. The number of aryl methyl sites for hydroxylation is 2. The van der Waals surface area contributed by atoms with Crippen LogP contribution in [0.5, 0.6) is 0 Å². The van der Waals surface area contributed by atoms with Gasteiger partial charge in [-0.2, -0.15) is 0 Å². The molecule has 114 valence electrons. The van der Waals surface area contributed by atoms with Crippen molar-refractivity contribution in [3.8, 4) is 0 Å². The summed E-state index contributed by atoms with van der Waals surface area (Å²) in [5, 5.41) is 3.53. The minimum absolute atomic E-state index is 0.677. The number of rotatable bonds is 8. The molecule has 21 heavy (non-hydrogen) atoms. The van der Waals surface area contributed by atoms with E-state index in [1.54, 1.807) is 0 Å². The van der Waals surface area contributed by atoms with Gasteiger partial charge in [-0.25, -0.2) is 0 Å². The van der Waals surface area contributed by atoms with Crippen LogP contribution < -0.4 is 5.32 Å². The standard InChI is InChI=1S/C19H27NS/c1-4-18-10-11-19(21-18)13-17(14-20-5-2)12-16-8-6-15(3)7-9-16/h6-11,17,20H,4-5,12-14H2,1-3H3. The first-order chi connectivity index (χ1) is 10.2. The van der Waals surface area contributed by atoms with Crippen LogP contribution in [0, 0.1) is 12.8 Å². The van der Waals surface area contributed by atoms with Crippen LogP contribution in [0.1, 0.15) is 34.7 Å². The van der Waals surface area contributed by atoms with E-state index >= 15 is 0 Å². The molecule has 0 bridgehead atoms. The van der Waals surface area contributed by atoms with E-state index < -0.39 is 0 Å². The third-order valence-electron chi connectivity index (χ3n) is 3.88. The molecule has 2 rings (SSSR count). The van der Waals surface area contributed by atoms with Crippen LogP contribution in [0.3, 0.4) is 0 Å². The van der Waals surface area contributed by atoms with Gasteiger partial charge >= 0.3 is 0 Å². The molecule has 1 N–H and O–H groups in total. The molecule has 1 nitrogen and oxygen atoms in total. The van der Waals surface area contributed by atoms with E-state index in [0.717, 1.165) is 25.9 Å². The number of thiophene rings is 1. The van der Waals surface area contributed by atoms with E-state index in [-0.39, 0.29) is 0 Å². The highest BCUT2D eigenvalue weighted by molar-refractivity contribution is 7.11. The molecule has 0 amide bonds. The number of hydrogen-bond donors (Lipinski definition) is 1. The molecular weight excluding hydrogens is 274 g/mol. The topological polar surface area (TPSA) is 12.0 Å². The van der Waals surface area contributed by atoms with Crippen LogP contribution in [-0.4, -0.2) is 13.1 Å². The molecule has 1 aromatic heterocycles. The maximum Gasteiger partial charge on any atom is 0.00515 e. The number of hydrogen-bond acceptors (Lipinski definition) is 2. The lowest BCUT2D eigenvalue weighted by molar-refractivity contribution is 0.481. The molecule has 2 heteroatoms. The zero-order valence-electron chi connectivity index (χ0n) is 13.5. The van der Waals surface area contributed by atoms with Crippen molar-refractivity contribution >= 4 is 11.3 Å². The van der Waals surface area contributed by atoms with Crippen molar-refractivity contribution in [2.24, 2.45) is 5.92 Å². The molecule has 0 aliphatic rings.